The summed E-state index contributed by atoms with van der Waals surface area (Å²) in [6.45, 7) is 5.97. The molecule has 0 radical (unpaired) electrons. The molecule has 3 rings (SSSR count). The Morgan fingerprint density at radius 3 is 2.14 bits per heavy atom. The molecule has 1 aliphatic rings. The molecule has 2 atom stereocenters. The maximum absolute atomic E-state index is 14.0. The molecular formula is C22H25F3N2O2. The highest BCUT2D eigenvalue weighted by Crippen LogP contribution is 2.23. The number of ketones is 1. The van der Waals surface area contributed by atoms with Crippen LogP contribution in [0.5, 0.6) is 0 Å². The van der Waals surface area contributed by atoms with Gasteiger partial charge in [-0.2, -0.15) is 0 Å². The van der Waals surface area contributed by atoms with Gasteiger partial charge in [-0.25, -0.2) is 13.2 Å². The zero-order valence-electron chi connectivity index (χ0n) is 16.5. The van der Waals surface area contributed by atoms with E-state index in [0.29, 0.717) is 18.2 Å². The Morgan fingerprint density at radius 1 is 0.966 bits per heavy atom. The number of halogens is 3. The zero-order valence-corrected chi connectivity index (χ0v) is 16.5. The SMILES string of the molecule is C[C@@H]1CN(Cc2ccc(C(=O)CO)cc2)C[C@H](C)N1Cc1cc(F)c(F)cc1F. The molecule has 29 heavy (non-hydrogen) atoms. The van der Waals surface area contributed by atoms with Crippen LogP contribution in [0, 0.1) is 17.5 Å². The first-order valence-electron chi connectivity index (χ1n) is 9.63. The average Bonchev–Trinajstić information content (AvgIpc) is 2.68. The number of hydrogen-bond acceptors (Lipinski definition) is 4. The lowest BCUT2D eigenvalue weighted by molar-refractivity contribution is 0.0282. The van der Waals surface area contributed by atoms with Gasteiger partial charge in [0.05, 0.1) is 0 Å². The van der Waals surface area contributed by atoms with Gasteiger partial charge in [-0.15, -0.1) is 0 Å². The van der Waals surface area contributed by atoms with Gasteiger partial charge in [0, 0.05) is 55.5 Å². The second-order valence-corrected chi connectivity index (χ2v) is 7.70. The monoisotopic (exact) mass is 406 g/mol. The molecular weight excluding hydrogens is 381 g/mol. The summed E-state index contributed by atoms with van der Waals surface area (Å²) >= 11 is 0. The Hall–Kier alpha value is -2.22. The first-order valence-corrected chi connectivity index (χ1v) is 9.63. The largest absolute Gasteiger partial charge is 0.388 e. The first kappa shape index (κ1) is 21.5. The minimum Gasteiger partial charge on any atom is -0.388 e. The number of aliphatic hydroxyl groups is 1. The summed E-state index contributed by atoms with van der Waals surface area (Å²) in [5.41, 5.74) is 1.69. The molecule has 0 saturated carbocycles. The van der Waals surface area contributed by atoms with Crippen LogP contribution in [0.15, 0.2) is 36.4 Å². The molecule has 0 bridgehead atoms. The highest BCUT2D eigenvalue weighted by atomic mass is 19.2. The fraction of sp³-hybridized carbons (Fsp3) is 0.409. The van der Waals surface area contributed by atoms with Crippen LogP contribution in [0.25, 0.3) is 0 Å². The van der Waals surface area contributed by atoms with Crippen LogP contribution >= 0.6 is 0 Å². The highest BCUT2D eigenvalue weighted by Gasteiger charge is 2.30. The Bertz CT molecular complexity index is 861. The molecule has 2 aromatic carbocycles. The van der Waals surface area contributed by atoms with Crippen molar-refractivity contribution in [1.29, 1.82) is 0 Å². The molecule has 0 aromatic heterocycles. The van der Waals surface area contributed by atoms with E-state index >= 15 is 0 Å². The maximum atomic E-state index is 14.0. The van der Waals surface area contributed by atoms with E-state index in [2.05, 4.69) is 9.80 Å². The third-order valence-corrected chi connectivity index (χ3v) is 5.45. The van der Waals surface area contributed by atoms with E-state index in [4.69, 9.17) is 5.11 Å². The lowest BCUT2D eigenvalue weighted by Crippen LogP contribution is -2.55. The number of benzene rings is 2. The number of rotatable bonds is 6. The van der Waals surface area contributed by atoms with Gasteiger partial charge in [0.1, 0.15) is 12.4 Å². The van der Waals surface area contributed by atoms with E-state index in [1.54, 1.807) is 12.1 Å². The van der Waals surface area contributed by atoms with Gasteiger partial charge in [0.2, 0.25) is 0 Å². The fourth-order valence-corrected chi connectivity index (χ4v) is 3.93. The normalized spacial score (nSPS) is 20.8. The van der Waals surface area contributed by atoms with Crippen LogP contribution in [0.1, 0.15) is 35.3 Å². The van der Waals surface area contributed by atoms with Gasteiger partial charge in [0.15, 0.2) is 17.4 Å². The van der Waals surface area contributed by atoms with Gasteiger partial charge < -0.3 is 5.11 Å². The van der Waals surface area contributed by atoms with Crippen LogP contribution < -0.4 is 0 Å². The van der Waals surface area contributed by atoms with Crippen LogP contribution in [-0.2, 0) is 13.1 Å². The number of carbonyl (C=O) groups excluding carboxylic acids is 1. The number of piperazine rings is 1. The number of carbonyl (C=O) groups is 1. The van der Waals surface area contributed by atoms with Gasteiger partial charge in [-0.05, 0) is 25.5 Å². The van der Waals surface area contributed by atoms with Gasteiger partial charge in [0.25, 0.3) is 0 Å². The topological polar surface area (TPSA) is 43.8 Å². The lowest BCUT2D eigenvalue weighted by Gasteiger charge is -2.44. The predicted molar refractivity (Wildman–Crippen MR) is 104 cm³/mol. The average molecular weight is 406 g/mol. The van der Waals surface area contributed by atoms with Crippen molar-refractivity contribution in [2.24, 2.45) is 0 Å². The summed E-state index contributed by atoms with van der Waals surface area (Å²) in [5, 5.41) is 8.93. The molecule has 1 aliphatic heterocycles. The Kier molecular flexibility index (Phi) is 6.72. The number of Topliss-reactive ketones (excluding diaryl/α,β-unsaturated/α-hetero) is 1. The van der Waals surface area contributed by atoms with E-state index in [1.165, 1.54) is 0 Å². The summed E-state index contributed by atoms with van der Waals surface area (Å²) < 4.78 is 40.7. The second-order valence-electron chi connectivity index (χ2n) is 7.70. The quantitative estimate of drug-likeness (QED) is 0.590. The van der Waals surface area contributed by atoms with Gasteiger partial charge in [-0.3, -0.25) is 14.6 Å². The van der Waals surface area contributed by atoms with Crippen LogP contribution in [-0.4, -0.2) is 52.5 Å². The molecule has 2 aromatic rings. The van der Waals surface area contributed by atoms with Gasteiger partial charge >= 0.3 is 0 Å². The van der Waals surface area contributed by atoms with Crippen molar-refractivity contribution in [3.8, 4) is 0 Å². The summed E-state index contributed by atoms with van der Waals surface area (Å²) in [6, 6.07) is 8.91. The highest BCUT2D eigenvalue weighted by molar-refractivity contribution is 5.96. The maximum Gasteiger partial charge on any atom is 0.188 e. The standard InChI is InChI=1S/C22H25F3N2O2/c1-14-9-26(11-16-3-5-17(6-4-16)22(29)13-28)10-15(2)27(14)12-18-7-20(24)21(25)8-19(18)23/h3-8,14-15,28H,9-13H2,1-2H3/t14-,15+. The first-order chi connectivity index (χ1) is 13.8. The third kappa shape index (κ3) is 5.04. The predicted octanol–water partition coefficient (Wildman–Crippen LogP) is 3.37. The van der Waals surface area contributed by atoms with E-state index in [1.807, 2.05) is 26.0 Å². The van der Waals surface area contributed by atoms with E-state index in [0.717, 1.165) is 24.7 Å². The molecule has 4 nitrogen and oxygen atoms in total. The minimum atomic E-state index is -1.18. The minimum absolute atomic E-state index is 0.0986. The smallest absolute Gasteiger partial charge is 0.188 e. The Morgan fingerprint density at radius 2 is 1.55 bits per heavy atom. The molecule has 1 N–H and O–H groups in total. The van der Waals surface area contributed by atoms with Crippen molar-refractivity contribution in [1.82, 2.24) is 9.80 Å². The summed E-state index contributed by atoms with van der Waals surface area (Å²) in [6.07, 6.45) is 0. The summed E-state index contributed by atoms with van der Waals surface area (Å²) in [5.74, 6) is -3.26. The molecule has 7 heteroatoms. The molecule has 0 spiro atoms. The van der Waals surface area contributed by atoms with E-state index in [-0.39, 0.29) is 30.0 Å². The second kappa shape index (κ2) is 9.07. The number of nitrogens with zero attached hydrogens (tertiary/aromatic N) is 2. The molecule has 0 aliphatic carbocycles. The van der Waals surface area contributed by atoms with Crippen molar-refractivity contribution < 1.29 is 23.1 Å². The van der Waals surface area contributed by atoms with Crippen molar-refractivity contribution in [2.45, 2.75) is 39.0 Å². The fourth-order valence-electron chi connectivity index (χ4n) is 3.93. The molecule has 0 amide bonds. The van der Waals surface area contributed by atoms with Crippen molar-refractivity contribution >= 4 is 5.78 Å². The summed E-state index contributed by atoms with van der Waals surface area (Å²) in [4.78, 5) is 15.9. The number of hydrogen-bond donors (Lipinski definition) is 1. The molecule has 156 valence electrons. The molecule has 0 unspecified atom stereocenters. The van der Waals surface area contributed by atoms with Crippen molar-refractivity contribution in [3.05, 3.63) is 70.5 Å². The molecule has 1 fully saturated rings. The van der Waals surface area contributed by atoms with E-state index < -0.39 is 24.1 Å². The van der Waals surface area contributed by atoms with Crippen LogP contribution in [0.2, 0.25) is 0 Å². The van der Waals surface area contributed by atoms with Crippen LogP contribution in [0.3, 0.4) is 0 Å². The van der Waals surface area contributed by atoms with Crippen LogP contribution in [0.4, 0.5) is 13.2 Å². The van der Waals surface area contributed by atoms with E-state index in [9.17, 15) is 18.0 Å². The molecule has 1 saturated heterocycles. The third-order valence-electron chi connectivity index (χ3n) is 5.45. The summed E-state index contributed by atoms with van der Waals surface area (Å²) in [7, 11) is 0. The lowest BCUT2D eigenvalue weighted by atomic mass is 10.0. The van der Waals surface area contributed by atoms with Crippen molar-refractivity contribution in [2.75, 3.05) is 19.7 Å². The zero-order chi connectivity index (χ0) is 21.1. The number of aliphatic hydroxyl groups excluding tert-OH is 1. The molecule has 1 heterocycles. The van der Waals surface area contributed by atoms with Crippen molar-refractivity contribution in [3.63, 3.8) is 0 Å². The van der Waals surface area contributed by atoms with Gasteiger partial charge in [-0.1, -0.05) is 24.3 Å². The Balaban J connectivity index is 1.64. The Labute approximate surface area is 168 Å².